The Bertz CT molecular complexity index is 1120. The summed E-state index contributed by atoms with van der Waals surface area (Å²) < 4.78 is 8.29. The van der Waals surface area contributed by atoms with Crippen molar-refractivity contribution in [2.75, 3.05) is 6.54 Å². The van der Waals surface area contributed by atoms with Gasteiger partial charge in [0.2, 0.25) is 11.8 Å². The number of alkyl carbamates (subject to hydrolysis) is 1. The first-order valence-corrected chi connectivity index (χ1v) is 12.4. The Kier molecular flexibility index (Phi) is 10.1. The largest absolute Gasteiger partial charge is 0.444 e. The Morgan fingerprint density at radius 2 is 1.83 bits per heavy atom. The SMILES string of the molecule is C=C/C(CCCCCCCNC(=O)OC(C)(C)C)=c1\c(=C/C)n(C2CCC(=O)NC2=O)c(=O)n1C. The van der Waals surface area contributed by atoms with E-state index >= 15 is 0 Å². The van der Waals surface area contributed by atoms with Crippen molar-refractivity contribution >= 4 is 29.6 Å². The van der Waals surface area contributed by atoms with Gasteiger partial charge in [-0.3, -0.25) is 24.0 Å². The maximum atomic E-state index is 13.1. The molecule has 1 aliphatic heterocycles. The number of carbonyl (C=O) groups excluding carboxylic acids is 3. The van der Waals surface area contributed by atoms with Gasteiger partial charge in [-0.05, 0) is 59.0 Å². The van der Waals surface area contributed by atoms with Crippen LogP contribution in [0.1, 0.15) is 85.1 Å². The average molecular weight is 489 g/mol. The second-order valence-corrected chi connectivity index (χ2v) is 9.88. The Labute approximate surface area is 206 Å². The summed E-state index contributed by atoms with van der Waals surface area (Å²) in [7, 11) is 1.70. The van der Waals surface area contributed by atoms with Gasteiger partial charge < -0.3 is 10.1 Å². The van der Waals surface area contributed by atoms with Gasteiger partial charge in [-0.2, -0.15) is 0 Å². The number of nitrogens with zero attached hydrogens (tertiary/aromatic N) is 2. The molecule has 0 spiro atoms. The fraction of sp³-hybridized carbons (Fsp3) is 0.615. The van der Waals surface area contributed by atoms with Crippen molar-refractivity contribution in [2.24, 2.45) is 7.05 Å². The third-order valence-electron chi connectivity index (χ3n) is 5.97. The molecule has 9 heteroatoms. The molecule has 1 aromatic rings. The molecule has 0 bridgehead atoms. The summed E-state index contributed by atoms with van der Waals surface area (Å²) in [6.45, 7) is 11.9. The fourth-order valence-corrected chi connectivity index (χ4v) is 4.32. The van der Waals surface area contributed by atoms with Gasteiger partial charge in [0.05, 0.1) is 10.7 Å². The quantitative estimate of drug-likeness (QED) is 0.387. The molecule has 1 unspecified atom stereocenters. The van der Waals surface area contributed by atoms with Crippen LogP contribution in [0.15, 0.2) is 17.4 Å². The molecule has 35 heavy (non-hydrogen) atoms. The van der Waals surface area contributed by atoms with Crippen molar-refractivity contribution < 1.29 is 19.1 Å². The van der Waals surface area contributed by atoms with Gasteiger partial charge in [-0.15, -0.1) is 0 Å². The van der Waals surface area contributed by atoms with Gasteiger partial charge in [0.15, 0.2) is 0 Å². The van der Waals surface area contributed by atoms with Crippen molar-refractivity contribution in [3.8, 4) is 0 Å². The maximum Gasteiger partial charge on any atom is 0.407 e. The van der Waals surface area contributed by atoms with E-state index in [1.54, 1.807) is 17.7 Å². The summed E-state index contributed by atoms with van der Waals surface area (Å²) in [6.07, 6.45) is 9.36. The molecule has 1 aromatic heterocycles. The van der Waals surface area contributed by atoms with E-state index in [4.69, 9.17) is 4.74 Å². The molecular formula is C26H40N4O5. The number of rotatable bonds is 10. The fourth-order valence-electron chi connectivity index (χ4n) is 4.32. The minimum atomic E-state index is -0.702. The molecule has 0 aliphatic carbocycles. The zero-order chi connectivity index (χ0) is 26.2. The van der Waals surface area contributed by atoms with Crippen molar-refractivity contribution in [2.45, 2.75) is 90.7 Å². The molecule has 0 aromatic carbocycles. The van der Waals surface area contributed by atoms with Gasteiger partial charge in [0.1, 0.15) is 11.6 Å². The number of ether oxygens (including phenoxy) is 1. The predicted molar refractivity (Wildman–Crippen MR) is 136 cm³/mol. The summed E-state index contributed by atoms with van der Waals surface area (Å²) in [5.41, 5.74) is 0.181. The van der Waals surface area contributed by atoms with Gasteiger partial charge in [0, 0.05) is 20.0 Å². The lowest BCUT2D eigenvalue weighted by Gasteiger charge is -2.21. The highest BCUT2D eigenvalue weighted by Gasteiger charge is 2.30. The lowest BCUT2D eigenvalue weighted by atomic mass is 10.0. The second kappa shape index (κ2) is 12.6. The molecule has 0 radical (unpaired) electrons. The van der Waals surface area contributed by atoms with Crippen molar-refractivity contribution in [3.63, 3.8) is 0 Å². The number of imide groups is 1. The van der Waals surface area contributed by atoms with E-state index in [-0.39, 0.29) is 24.1 Å². The number of carbonyl (C=O) groups is 3. The first-order valence-electron chi connectivity index (χ1n) is 12.4. The molecular weight excluding hydrogens is 448 g/mol. The Balaban J connectivity index is 2.00. The minimum Gasteiger partial charge on any atom is -0.444 e. The maximum absolute atomic E-state index is 13.1. The van der Waals surface area contributed by atoms with Gasteiger partial charge >= 0.3 is 11.8 Å². The van der Waals surface area contributed by atoms with Crippen LogP contribution >= 0.6 is 0 Å². The number of piperidine rings is 1. The number of amides is 3. The zero-order valence-corrected chi connectivity index (χ0v) is 21.7. The summed E-state index contributed by atoms with van der Waals surface area (Å²) in [6, 6.07) is -0.702. The molecule has 1 fully saturated rings. The van der Waals surface area contributed by atoms with Crippen LogP contribution in [0.5, 0.6) is 0 Å². The first-order chi connectivity index (χ1) is 16.5. The monoisotopic (exact) mass is 488 g/mol. The smallest absolute Gasteiger partial charge is 0.407 e. The molecule has 2 N–H and O–H groups in total. The number of hydrogen-bond donors (Lipinski definition) is 2. The van der Waals surface area contributed by atoms with Crippen molar-refractivity contribution in [3.05, 3.63) is 33.8 Å². The number of imidazole rings is 1. The molecule has 1 saturated heterocycles. The molecule has 3 amide bonds. The number of unbranched alkanes of at least 4 members (excludes halogenated alkanes) is 4. The van der Waals surface area contributed by atoms with Crippen LogP contribution in [0.25, 0.3) is 11.6 Å². The van der Waals surface area contributed by atoms with E-state index < -0.39 is 17.6 Å². The number of hydrogen-bond acceptors (Lipinski definition) is 5. The van der Waals surface area contributed by atoms with E-state index in [9.17, 15) is 19.2 Å². The highest BCUT2D eigenvalue weighted by atomic mass is 16.6. The van der Waals surface area contributed by atoms with Crippen LogP contribution in [0, 0.1) is 0 Å². The summed E-state index contributed by atoms with van der Waals surface area (Å²) >= 11 is 0. The Morgan fingerprint density at radius 1 is 1.17 bits per heavy atom. The van der Waals surface area contributed by atoms with Crippen LogP contribution < -0.4 is 27.0 Å². The van der Waals surface area contributed by atoms with Crippen LogP contribution in [0.4, 0.5) is 4.79 Å². The standard InChI is InChI=1S/C26H40N4O5/c1-7-18(14-12-10-9-11-13-17-27-24(33)35-26(3,4)5)22-19(8-2)30(25(34)29(22)6)20-15-16-21(31)28-23(20)32/h7-8,20H,1,9-17H2,2-6H3,(H,27,33)(H,28,31,32)/b19-8+,22-18-. The zero-order valence-electron chi connectivity index (χ0n) is 21.7. The molecule has 9 nitrogen and oxygen atoms in total. The van der Waals surface area contributed by atoms with E-state index in [2.05, 4.69) is 17.2 Å². The normalized spacial score (nSPS) is 17.7. The third kappa shape index (κ3) is 7.70. The van der Waals surface area contributed by atoms with E-state index in [0.29, 0.717) is 18.3 Å². The van der Waals surface area contributed by atoms with Gasteiger partial charge in [-0.25, -0.2) is 9.59 Å². The molecule has 2 rings (SSSR count). The van der Waals surface area contributed by atoms with Crippen molar-refractivity contribution in [1.29, 1.82) is 0 Å². The molecule has 1 atom stereocenters. The molecule has 2 heterocycles. The van der Waals surface area contributed by atoms with Crippen LogP contribution in [-0.2, 0) is 21.4 Å². The van der Waals surface area contributed by atoms with E-state index in [0.717, 1.165) is 49.4 Å². The summed E-state index contributed by atoms with van der Waals surface area (Å²) in [5, 5.41) is 6.55. The lowest BCUT2D eigenvalue weighted by Crippen LogP contribution is -2.47. The predicted octanol–water partition coefficient (Wildman–Crippen LogP) is 2.17. The minimum absolute atomic E-state index is 0.210. The van der Waals surface area contributed by atoms with Crippen LogP contribution in [0.2, 0.25) is 0 Å². The lowest BCUT2D eigenvalue weighted by molar-refractivity contribution is -0.135. The highest BCUT2D eigenvalue weighted by Crippen LogP contribution is 2.15. The molecule has 194 valence electrons. The number of allylic oxidation sites excluding steroid dienone is 1. The van der Waals surface area contributed by atoms with E-state index in [1.807, 2.05) is 33.8 Å². The van der Waals surface area contributed by atoms with Gasteiger partial charge in [-0.1, -0.05) is 38.0 Å². The Hall–Kier alpha value is -3.10. The van der Waals surface area contributed by atoms with Crippen LogP contribution in [-0.4, -0.2) is 39.2 Å². The topological polar surface area (TPSA) is 111 Å². The molecule has 0 saturated carbocycles. The highest BCUT2D eigenvalue weighted by molar-refractivity contribution is 5.99. The van der Waals surface area contributed by atoms with Crippen molar-refractivity contribution in [1.82, 2.24) is 19.8 Å². The average Bonchev–Trinajstić information content (AvgIpc) is 3.01. The Morgan fingerprint density at radius 3 is 2.43 bits per heavy atom. The van der Waals surface area contributed by atoms with Crippen LogP contribution in [0.3, 0.4) is 0 Å². The summed E-state index contributed by atoms with van der Waals surface area (Å²) in [5.74, 6) is -0.749. The third-order valence-corrected chi connectivity index (χ3v) is 5.97. The summed E-state index contributed by atoms with van der Waals surface area (Å²) in [4.78, 5) is 48.7. The van der Waals surface area contributed by atoms with Gasteiger partial charge in [0.25, 0.3) is 0 Å². The number of nitrogens with one attached hydrogen (secondary N) is 2. The second-order valence-electron chi connectivity index (χ2n) is 9.88. The number of aromatic nitrogens is 2. The first kappa shape index (κ1) is 28.1. The molecule has 1 aliphatic rings. The van der Waals surface area contributed by atoms with E-state index in [1.165, 1.54) is 4.57 Å².